The Labute approximate surface area is 105 Å². The zero-order valence-electron chi connectivity index (χ0n) is 10.9. The molecule has 0 radical (unpaired) electrons. The number of ether oxygens (including phenoxy) is 1. The number of hydrogen-bond acceptors (Lipinski definition) is 3. The van der Waals surface area contributed by atoms with Crippen molar-refractivity contribution in [2.75, 3.05) is 0 Å². The fraction of sp³-hybridized carbons (Fsp3) is 0.667. The highest BCUT2D eigenvalue weighted by molar-refractivity contribution is 4.89. The molecule has 0 aromatic carbocycles. The molecule has 102 valence electrons. The maximum Gasteiger partial charge on any atom is 0.330 e. The van der Waals surface area contributed by atoms with Gasteiger partial charge in [0.15, 0.2) is 0 Å². The van der Waals surface area contributed by atoms with E-state index < -0.39 is 23.3 Å². The SMILES string of the molecule is CC.CCC1CCC(n2cc(F)c(=O)[nH]c2=O)O1. The van der Waals surface area contributed by atoms with Gasteiger partial charge in [-0.1, -0.05) is 20.8 Å². The average molecular weight is 258 g/mol. The van der Waals surface area contributed by atoms with Crippen LogP contribution in [0.15, 0.2) is 15.8 Å². The molecule has 2 unspecified atom stereocenters. The van der Waals surface area contributed by atoms with Gasteiger partial charge in [0.25, 0.3) is 5.56 Å². The Morgan fingerprint density at radius 3 is 2.67 bits per heavy atom. The highest BCUT2D eigenvalue weighted by atomic mass is 19.1. The molecule has 18 heavy (non-hydrogen) atoms. The molecular weight excluding hydrogens is 239 g/mol. The van der Waals surface area contributed by atoms with Crippen LogP contribution in [0.25, 0.3) is 0 Å². The van der Waals surface area contributed by atoms with Crippen LogP contribution in [0.2, 0.25) is 0 Å². The summed E-state index contributed by atoms with van der Waals surface area (Å²) in [6.07, 6.45) is 2.90. The van der Waals surface area contributed by atoms with E-state index in [0.717, 1.165) is 23.6 Å². The first-order valence-corrected chi connectivity index (χ1v) is 6.28. The predicted molar refractivity (Wildman–Crippen MR) is 66.1 cm³/mol. The first kappa shape index (κ1) is 14.6. The van der Waals surface area contributed by atoms with Gasteiger partial charge in [0.2, 0.25) is 5.82 Å². The van der Waals surface area contributed by atoms with Crippen LogP contribution in [0.4, 0.5) is 4.39 Å². The van der Waals surface area contributed by atoms with Gasteiger partial charge in [-0.3, -0.25) is 14.3 Å². The summed E-state index contributed by atoms with van der Waals surface area (Å²) in [6, 6.07) is 0. The highest BCUT2D eigenvalue weighted by Gasteiger charge is 2.26. The van der Waals surface area contributed by atoms with Crippen molar-refractivity contribution in [2.45, 2.75) is 52.4 Å². The molecule has 2 atom stereocenters. The monoisotopic (exact) mass is 258 g/mol. The average Bonchev–Trinajstić information content (AvgIpc) is 2.85. The van der Waals surface area contributed by atoms with Gasteiger partial charge >= 0.3 is 5.69 Å². The van der Waals surface area contributed by atoms with Crippen LogP contribution >= 0.6 is 0 Å². The zero-order chi connectivity index (χ0) is 13.7. The topological polar surface area (TPSA) is 64.1 Å². The third-order valence-corrected chi connectivity index (χ3v) is 2.78. The Kier molecular flexibility index (Phi) is 5.27. The molecule has 0 amide bonds. The largest absolute Gasteiger partial charge is 0.355 e. The van der Waals surface area contributed by atoms with Gasteiger partial charge < -0.3 is 4.74 Å². The summed E-state index contributed by atoms with van der Waals surface area (Å²) < 4.78 is 19.7. The Hall–Kier alpha value is -1.43. The van der Waals surface area contributed by atoms with Crippen molar-refractivity contribution >= 4 is 0 Å². The maximum atomic E-state index is 13.0. The number of H-pyrrole nitrogens is 1. The van der Waals surface area contributed by atoms with Crippen LogP contribution < -0.4 is 11.2 Å². The van der Waals surface area contributed by atoms with Gasteiger partial charge in [-0.15, -0.1) is 0 Å². The van der Waals surface area contributed by atoms with Crippen LogP contribution in [-0.4, -0.2) is 15.7 Å². The number of halogens is 1. The summed E-state index contributed by atoms with van der Waals surface area (Å²) >= 11 is 0. The van der Waals surface area contributed by atoms with Crippen LogP contribution in [0.1, 0.15) is 46.3 Å². The third kappa shape index (κ3) is 3.07. The second kappa shape index (κ2) is 6.49. The number of hydrogen-bond donors (Lipinski definition) is 1. The van der Waals surface area contributed by atoms with E-state index in [2.05, 4.69) is 0 Å². The summed E-state index contributed by atoms with van der Waals surface area (Å²) in [6.45, 7) is 5.99. The van der Waals surface area contributed by atoms with Crippen molar-refractivity contribution in [3.05, 3.63) is 32.9 Å². The first-order chi connectivity index (χ1) is 8.61. The van der Waals surface area contributed by atoms with Crippen LogP contribution in [0.5, 0.6) is 0 Å². The normalized spacial score (nSPS) is 22.4. The van der Waals surface area contributed by atoms with E-state index in [1.165, 1.54) is 0 Å². The summed E-state index contributed by atoms with van der Waals surface area (Å²) in [5, 5.41) is 0. The standard InChI is InChI=1S/C10H13FN2O3.C2H6/c1-2-6-3-4-8(16-6)13-5-7(11)9(14)12-10(13)15;1-2/h5-6,8H,2-4H2,1H3,(H,12,14,15);1-2H3. The molecule has 0 saturated carbocycles. The van der Waals surface area contributed by atoms with Crippen molar-refractivity contribution in [3.8, 4) is 0 Å². The van der Waals surface area contributed by atoms with E-state index in [9.17, 15) is 14.0 Å². The molecule has 1 fully saturated rings. The fourth-order valence-corrected chi connectivity index (χ4v) is 1.87. The predicted octanol–water partition coefficient (Wildman–Crippen LogP) is 1.79. The second-order valence-electron chi connectivity index (χ2n) is 3.84. The molecule has 0 aliphatic carbocycles. The lowest BCUT2D eigenvalue weighted by atomic mass is 10.2. The number of aromatic amines is 1. The maximum absolute atomic E-state index is 13.0. The lowest BCUT2D eigenvalue weighted by Gasteiger charge is -2.14. The van der Waals surface area contributed by atoms with E-state index in [4.69, 9.17) is 4.74 Å². The van der Waals surface area contributed by atoms with Crippen molar-refractivity contribution in [1.82, 2.24) is 9.55 Å². The van der Waals surface area contributed by atoms with Gasteiger partial charge in [0.05, 0.1) is 12.3 Å². The number of nitrogens with zero attached hydrogens (tertiary/aromatic N) is 1. The lowest BCUT2D eigenvalue weighted by molar-refractivity contribution is -0.00260. The molecule has 1 aromatic heterocycles. The zero-order valence-corrected chi connectivity index (χ0v) is 10.9. The van der Waals surface area contributed by atoms with Gasteiger partial charge in [-0.2, -0.15) is 4.39 Å². The molecule has 2 heterocycles. The third-order valence-electron chi connectivity index (χ3n) is 2.78. The Balaban J connectivity index is 0.000000771. The molecule has 1 N–H and O–H groups in total. The smallest absolute Gasteiger partial charge is 0.330 e. The lowest BCUT2D eigenvalue weighted by Crippen LogP contribution is -2.33. The molecule has 1 aromatic rings. The Morgan fingerprint density at radius 2 is 2.11 bits per heavy atom. The van der Waals surface area contributed by atoms with E-state index in [0.29, 0.717) is 6.42 Å². The summed E-state index contributed by atoms with van der Waals surface area (Å²) in [5.41, 5.74) is -1.63. The Morgan fingerprint density at radius 1 is 1.44 bits per heavy atom. The van der Waals surface area contributed by atoms with Gasteiger partial charge in [-0.05, 0) is 19.3 Å². The summed E-state index contributed by atoms with van der Waals surface area (Å²) in [5.74, 6) is -0.969. The second-order valence-corrected chi connectivity index (χ2v) is 3.84. The van der Waals surface area contributed by atoms with Crippen LogP contribution in [-0.2, 0) is 4.74 Å². The van der Waals surface area contributed by atoms with Gasteiger partial charge in [0, 0.05) is 0 Å². The van der Waals surface area contributed by atoms with Gasteiger partial charge in [0.1, 0.15) is 6.23 Å². The minimum absolute atomic E-state index is 0.104. The first-order valence-electron chi connectivity index (χ1n) is 6.28. The number of aromatic nitrogens is 2. The molecule has 1 aliphatic heterocycles. The molecule has 0 spiro atoms. The van der Waals surface area contributed by atoms with Crippen molar-refractivity contribution in [1.29, 1.82) is 0 Å². The molecule has 1 aliphatic rings. The van der Waals surface area contributed by atoms with Crippen LogP contribution in [0, 0.1) is 5.82 Å². The minimum atomic E-state index is -0.994. The summed E-state index contributed by atoms with van der Waals surface area (Å²) in [7, 11) is 0. The Bertz CT molecular complexity index is 495. The van der Waals surface area contributed by atoms with Crippen LogP contribution in [0.3, 0.4) is 0 Å². The number of nitrogens with one attached hydrogen (secondary N) is 1. The van der Waals surface area contributed by atoms with E-state index in [1.807, 2.05) is 25.8 Å². The molecule has 0 bridgehead atoms. The van der Waals surface area contributed by atoms with E-state index >= 15 is 0 Å². The quantitative estimate of drug-likeness (QED) is 0.879. The van der Waals surface area contributed by atoms with Gasteiger partial charge in [-0.25, -0.2) is 4.79 Å². The van der Waals surface area contributed by atoms with E-state index in [-0.39, 0.29) is 6.10 Å². The minimum Gasteiger partial charge on any atom is -0.355 e. The van der Waals surface area contributed by atoms with Crippen molar-refractivity contribution in [2.24, 2.45) is 0 Å². The molecule has 6 heteroatoms. The molecular formula is C12H19FN2O3. The number of rotatable bonds is 2. The highest BCUT2D eigenvalue weighted by Crippen LogP contribution is 2.28. The molecule has 1 saturated heterocycles. The van der Waals surface area contributed by atoms with Crippen molar-refractivity contribution in [3.63, 3.8) is 0 Å². The fourth-order valence-electron chi connectivity index (χ4n) is 1.87. The van der Waals surface area contributed by atoms with Crippen molar-refractivity contribution < 1.29 is 9.13 Å². The van der Waals surface area contributed by atoms with E-state index in [1.54, 1.807) is 0 Å². The summed E-state index contributed by atoms with van der Waals surface area (Å²) in [4.78, 5) is 24.2. The molecule has 2 rings (SSSR count). The molecule has 5 nitrogen and oxygen atoms in total.